The Morgan fingerprint density at radius 2 is 2.23 bits per heavy atom. The Balaban J connectivity index is 2.05. The Bertz CT molecular complexity index is 963. The lowest BCUT2D eigenvalue weighted by Crippen LogP contribution is -2.48. The quantitative estimate of drug-likeness (QED) is 0.107. The molecule has 1 aromatic rings. The van der Waals surface area contributed by atoms with Gasteiger partial charge >= 0.3 is 17.4 Å². The third-order valence-corrected chi connectivity index (χ3v) is 4.15. The summed E-state index contributed by atoms with van der Waals surface area (Å²) in [7, 11) is 0. The number of aliphatic imine (C=N–C) groups is 1. The molecule has 2 heterocycles. The van der Waals surface area contributed by atoms with Gasteiger partial charge in [0, 0.05) is 12.7 Å². The number of rotatable bonds is 8. The lowest BCUT2D eigenvalue weighted by molar-refractivity contribution is -0.146. The van der Waals surface area contributed by atoms with Crippen LogP contribution in [0.1, 0.15) is 12.8 Å². The molecule has 0 saturated heterocycles. The van der Waals surface area contributed by atoms with Crippen molar-refractivity contribution < 1.29 is 24.5 Å². The van der Waals surface area contributed by atoms with Crippen LogP contribution in [0.25, 0.3) is 0 Å². The van der Waals surface area contributed by atoms with E-state index in [1.807, 2.05) is 0 Å². The molecule has 1 aliphatic rings. The monoisotopic (exact) mass is 422 g/mol. The third kappa shape index (κ3) is 4.59. The van der Waals surface area contributed by atoms with Gasteiger partial charge < -0.3 is 42.6 Å². The number of hydrogen-bond donors (Lipinski definition) is 6. The van der Waals surface area contributed by atoms with Crippen LogP contribution in [0.4, 0.5) is 5.82 Å². The second-order valence-corrected chi connectivity index (χ2v) is 6.29. The maximum absolute atomic E-state index is 12.1. The first kappa shape index (κ1) is 22.5. The number of aromatic nitrogens is 2. The van der Waals surface area contributed by atoms with Gasteiger partial charge in [0.2, 0.25) is 0 Å². The molecule has 162 valence electrons. The Labute approximate surface area is 170 Å². The molecule has 10 N–H and O–H groups in total. The maximum atomic E-state index is 12.1. The number of aliphatic hydroxyl groups excluding tert-OH is 2. The first-order valence-electron chi connectivity index (χ1n) is 8.66. The van der Waals surface area contributed by atoms with E-state index in [9.17, 15) is 25.1 Å². The first-order chi connectivity index (χ1) is 14.1. The van der Waals surface area contributed by atoms with Crippen LogP contribution in [-0.2, 0) is 20.0 Å². The fourth-order valence-corrected chi connectivity index (χ4v) is 2.61. The maximum Gasteiger partial charge on any atom is 0.353 e. The lowest BCUT2D eigenvalue weighted by Gasteiger charge is -2.26. The molecule has 0 radical (unpaired) electrons. The first-order valence-corrected chi connectivity index (χ1v) is 8.66. The number of nitrogen functional groups attached to an aromatic ring is 1. The van der Waals surface area contributed by atoms with Gasteiger partial charge in [-0.2, -0.15) is 10.2 Å². The summed E-state index contributed by atoms with van der Waals surface area (Å²) in [5.74, 6) is -2.22. The Hall–Kier alpha value is -3.83. The van der Waals surface area contributed by atoms with Crippen LogP contribution >= 0.6 is 0 Å². The van der Waals surface area contributed by atoms with E-state index >= 15 is 0 Å². The fraction of sp³-hybridized carbons (Fsp3) is 0.438. The summed E-state index contributed by atoms with van der Waals surface area (Å²) < 4.78 is 11.0. The zero-order valence-corrected chi connectivity index (χ0v) is 15.8. The number of carbonyl (C=O) groups is 1. The third-order valence-electron chi connectivity index (χ3n) is 4.15. The van der Waals surface area contributed by atoms with Crippen LogP contribution in [0.3, 0.4) is 0 Å². The number of ether oxygens (including phenoxy) is 2. The van der Waals surface area contributed by atoms with Crippen molar-refractivity contribution in [1.29, 1.82) is 5.26 Å². The van der Waals surface area contributed by atoms with Gasteiger partial charge in [-0.15, -0.1) is 0 Å². The van der Waals surface area contributed by atoms with E-state index in [1.54, 1.807) is 6.07 Å². The van der Waals surface area contributed by atoms with Crippen LogP contribution in [0.5, 0.6) is 0 Å². The molecule has 14 heteroatoms. The SMILES string of the molecule is N#C[C@@]1(n2ccc(N)nc2=O)OC(COC(=O)[C@H](N)CCCN=C(N)N)=C(O)C1O. The van der Waals surface area contributed by atoms with Gasteiger partial charge in [0.1, 0.15) is 17.9 Å². The van der Waals surface area contributed by atoms with Gasteiger partial charge in [-0.25, -0.2) is 9.36 Å². The fourth-order valence-electron chi connectivity index (χ4n) is 2.61. The molecular weight excluding hydrogens is 400 g/mol. The van der Waals surface area contributed by atoms with Crippen molar-refractivity contribution in [2.45, 2.75) is 30.7 Å². The van der Waals surface area contributed by atoms with Crippen molar-refractivity contribution in [3.63, 3.8) is 0 Å². The standard InChI is InChI=1S/C16H22N8O6/c17-7-16(24-5-3-10(19)23-15(24)28)12(26)11(25)9(30-16)6-29-13(27)8(18)2-1-4-22-14(20)21/h3,5,8,12,25-26H,1-2,4,6,18H2,(H2,19,23,28)(H4,20,21,22)/t8-,12?,16-/m1/s1. The van der Waals surface area contributed by atoms with Crippen molar-refractivity contribution in [3.05, 3.63) is 34.3 Å². The topological polar surface area (TPSA) is 251 Å². The molecule has 0 bridgehead atoms. The number of guanidine groups is 1. The van der Waals surface area contributed by atoms with Gasteiger partial charge in [-0.1, -0.05) is 0 Å². The highest BCUT2D eigenvalue weighted by Gasteiger charge is 2.53. The second-order valence-electron chi connectivity index (χ2n) is 6.29. The number of nitrogens with two attached hydrogens (primary N) is 4. The highest BCUT2D eigenvalue weighted by atomic mass is 16.6. The van der Waals surface area contributed by atoms with E-state index in [-0.39, 0.29) is 24.7 Å². The molecular formula is C16H22N8O6. The zero-order chi connectivity index (χ0) is 22.5. The molecule has 0 amide bonds. The molecule has 0 fully saturated rings. The molecule has 0 spiro atoms. The zero-order valence-electron chi connectivity index (χ0n) is 15.8. The number of aliphatic hydroxyl groups is 2. The minimum absolute atomic E-state index is 0.0816. The van der Waals surface area contributed by atoms with Crippen LogP contribution in [0.2, 0.25) is 0 Å². The molecule has 1 unspecified atom stereocenters. The molecule has 1 aliphatic heterocycles. The normalized spacial score (nSPS) is 21.4. The van der Waals surface area contributed by atoms with Crippen molar-refractivity contribution in [1.82, 2.24) is 9.55 Å². The van der Waals surface area contributed by atoms with Crippen molar-refractivity contribution >= 4 is 17.7 Å². The number of nitrogens with zero attached hydrogens (tertiary/aromatic N) is 4. The Kier molecular flexibility index (Phi) is 6.82. The van der Waals surface area contributed by atoms with Crippen molar-refractivity contribution in [2.24, 2.45) is 22.2 Å². The largest absolute Gasteiger partial charge is 0.506 e. The minimum Gasteiger partial charge on any atom is -0.506 e. The number of hydrogen-bond acceptors (Lipinski definition) is 11. The summed E-state index contributed by atoms with van der Waals surface area (Å²) in [6.45, 7) is -0.358. The molecule has 30 heavy (non-hydrogen) atoms. The average molecular weight is 422 g/mol. The van der Waals surface area contributed by atoms with Crippen LogP contribution < -0.4 is 28.6 Å². The summed E-state index contributed by atoms with van der Waals surface area (Å²) in [4.78, 5) is 31.3. The lowest BCUT2D eigenvalue weighted by atomic mass is 10.1. The molecule has 14 nitrogen and oxygen atoms in total. The number of carbonyl (C=O) groups excluding carboxylic acids is 1. The van der Waals surface area contributed by atoms with Gasteiger partial charge in [0.05, 0.1) is 0 Å². The van der Waals surface area contributed by atoms with Crippen LogP contribution in [-0.4, -0.2) is 57.0 Å². The van der Waals surface area contributed by atoms with E-state index in [4.69, 9.17) is 32.4 Å². The predicted octanol–water partition coefficient (Wildman–Crippen LogP) is -2.91. The minimum atomic E-state index is -2.36. The molecule has 0 aliphatic carbocycles. The molecule has 2 rings (SSSR count). The Morgan fingerprint density at radius 1 is 1.53 bits per heavy atom. The molecule has 3 atom stereocenters. The number of anilines is 1. The van der Waals surface area contributed by atoms with Gasteiger partial charge in [0.15, 0.2) is 30.2 Å². The summed E-state index contributed by atoms with van der Waals surface area (Å²) in [6, 6.07) is 1.83. The van der Waals surface area contributed by atoms with Crippen molar-refractivity contribution in [3.8, 4) is 6.07 Å². The molecule has 0 saturated carbocycles. The second kappa shape index (κ2) is 9.11. The van der Waals surface area contributed by atoms with Crippen LogP contribution in [0.15, 0.2) is 33.6 Å². The number of esters is 1. The summed E-state index contributed by atoms with van der Waals surface area (Å²) >= 11 is 0. The van der Waals surface area contributed by atoms with Gasteiger partial charge in [-0.3, -0.25) is 9.79 Å². The molecule has 0 aromatic carbocycles. The van der Waals surface area contributed by atoms with Gasteiger partial charge in [0.25, 0.3) is 0 Å². The Morgan fingerprint density at radius 3 is 2.83 bits per heavy atom. The smallest absolute Gasteiger partial charge is 0.353 e. The van der Waals surface area contributed by atoms with Crippen molar-refractivity contribution in [2.75, 3.05) is 18.9 Å². The van der Waals surface area contributed by atoms with E-state index in [2.05, 4.69) is 9.98 Å². The molecule has 1 aromatic heterocycles. The van der Waals surface area contributed by atoms with E-state index < -0.39 is 47.7 Å². The van der Waals surface area contributed by atoms with E-state index in [0.29, 0.717) is 11.0 Å². The number of nitriles is 1. The summed E-state index contributed by atoms with van der Waals surface area (Å²) in [5, 5.41) is 30.0. The highest BCUT2D eigenvalue weighted by Crippen LogP contribution is 2.36. The van der Waals surface area contributed by atoms with Gasteiger partial charge in [-0.05, 0) is 18.9 Å². The van der Waals surface area contributed by atoms with Crippen LogP contribution in [0, 0.1) is 11.3 Å². The summed E-state index contributed by atoms with van der Waals surface area (Å²) in [5.41, 5.74) is 18.2. The van der Waals surface area contributed by atoms with E-state index in [1.165, 1.54) is 6.07 Å². The summed E-state index contributed by atoms with van der Waals surface area (Å²) in [6.07, 6.45) is -0.237. The average Bonchev–Trinajstić information content (AvgIpc) is 2.94. The predicted molar refractivity (Wildman–Crippen MR) is 102 cm³/mol. The highest BCUT2D eigenvalue weighted by molar-refractivity contribution is 5.76. The van der Waals surface area contributed by atoms with E-state index in [0.717, 1.165) is 6.20 Å².